The van der Waals surface area contributed by atoms with Crippen molar-refractivity contribution in [1.82, 2.24) is 34.2 Å². The number of piperazine rings is 1. The van der Waals surface area contributed by atoms with Crippen LogP contribution in [0.1, 0.15) is 68.8 Å². The summed E-state index contributed by atoms with van der Waals surface area (Å²) in [4.78, 5) is 40.2. The number of anilines is 3. The Hall–Kier alpha value is -5.09. The van der Waals surface area contributed by atoms with Crippen LogP contribution in [0.3, 0.4) is 0 Å². The van der Waals surface area contributed by atoms with Crippen molar-refractivity contribution < 1.29 is 9.59 Å². The molecule has 3 fully saturated rings. The molecule has 6 heterocycles. The van der Waals surface area contributed by atoms with Gasteiger partial charge in [-0.1, -0.05) is 11.6 Å². The highest BCUT2D eigenvalue weighted by molar-refractivity contribution is 6.30. The lowest BCUT2D eigenvalue weighted by atomic mass is 10.1. The molecule has 0 radical (unpaired) electrons. The number of carbonyl (C=O) groups excluding carboxylic acids is 2. The lowest BCUT2D eigenvalue weighted by Gasteiger charge is -2.37. The summed E-state index contributed by atoms with van der Waals surface area (Å²) < 4.78 is 3.49. The van der Waals surface area contributed by atoms with Crippen molar-refractivity contribution in [1.29, 1.82) is 5.26 Å². The molecule has 2 saturated carbocycles. The molecule has 0 spiro atoms. The summed E-state index contributed by atoms with van der Waals surface area (Å²) in [5.41, 5.74) is 5.78. The minimum absolute atomic E-state index is 0.455. The molecule has 1 saturated heterocycles. The Labute approximate surface area is 276 Å². The van der Waals surface area contributed by atoms with Gasteiger partial charge in [0.05, 0.1) is 34.8 Å². The van der Waals surface area contributed by atoms with Crippen LogP contribution in [0.15, 0.2) is 30.7 Å². The largest absolute Gasteiger partial charge is 0.367 e. The van der Waals surface area contributed by atoms with Gasteiger partial charge in [0.1, 0.15) is 28.7 Å². The fourth-order valence-corrected chi connectivity index (χ4v) is 6.15. The van der Waals surface area contributed by atoms with Gasteiger partial charge in [-0.05, 0) is 64.0 Å². The Bertz CT molecular complexity index is 2030. The van der Waals surface area contributed by atoms with Crippen LogP contribution in [-0.2, 0) is 6.42 Å². The van der Waals surface area contributed by atoms with Gasteiger partial charge in [0.15, 0.2) is 23.9 Å². The first-order chi connectivity index (χ1) is 22.9. The van der Waals surface area contributed by atoms with Crippen LogP contribution in [0, 0.1) is 31.1 Å². The van der Waals surface area contributed by atoms with E-state index in [-0.39, 0.29) is 0 Å². The van der Waals surface area contributed by atoms with Crippen molar-refractivity contribution in [3.8, 4) is 6.07 Å². The maximum absolute atomic E-state index is 11.5. The highest BCUT2D eigenvalue weighted by Crippen LogP contribution is 2.35. The third-order valence-electron chi connectivity index (χ3n) is 9.00. The zero-order valence-electron chi connectivity index (χ0n) is 26.2. The minimum Gasteiger partial charge on any atom is -0.367 e. The van der Waals surface area contributed by atoms with Gasteiger partial charge >= 0.3 is 0 Å². The standard InChI is InChI=1S/C21H22N8O.C12H12ClN3O/c1-14-18(26-21-16(13-30)12-24-29(21)19(14)25-17-4-5-17)27-7-9-28(10-8-27)20-15(11-22)3-2-6-23-20;1-7-10(4-8-2-3-8)16-12(15-11(7)13)9(6-17)5-14-16/h2-3,6,12-13,17,25H,4-5,7-10H2,1H3;5-6,8H,2-4H2,1H3. The van der Waals surface area contributed by atoms with E-state index in [2.05, 4.69) is 41.4 Å². The highest BCUT2D eigenvalue weighted by atomic mass is 35.5. The summed E-state index contributed by atoms with van der Waals surface area (Å²) >= 11 is 6.11. The number of fused-ring (bicyclic) bond motifs is 2. The van der Waals surface area contributed by atoms with Crippen LogP contribution >= 0.6 is 11.6 Å². The summed E-state index contributed by atoms with van der Waals surface area (Å²) in [6, 6.07) is 6.26. The summed E-state index contributed by atoms with van der Waals surface area (Å²) in [5.74, 6) is 3.24. The molecular formula is C33H34ClN11O2. The lowest BCUT2D eigenvalue weighted by molar-refractivity contribution is 0.111. The number of hydrogen-bond acceptors (Lipinski definition) is 11. The van der Waals surface area contributed by atoms with Crippen molar-refractivity contribution in [3.05, 3.63) is 69.4 Å². The Morgan fingerprint density at radius 3 is 2.17 bits per heavy atom. The van der Waals surface area contributed by atoms with Crippen LogP contribution < -0.4 is 15.1 Å². The van der Waals surface area contributed by atoms with E-state index >= 15 is 0 Å². The number of hydrogen-bond donors (Lipinski definition) is 1. The molecule has 8 rings (SSSR count). The molecule has 14 heteroatoms. The number of rotatable bonds is 8. The van der Waals surface area contributed by atoms with Crippen LogP contribution in [0.5, 0.6) is 0 Å². The summed E-state index contributed by atoms with van der Waals surface area (Å²) in [7, 11) is 0. The van der Waals surface area contributed by atoms with Gasteiger partial charge in [-0.2, -0.15) is 20.0 Å². The van der Waals surface area contributed by atoms with E-state index < -0.39 is 0 Å². The molecule has 5 aromatic rings. The maximum atomic E-state index is 11.5. The maximum Gasteiger partial charge on any atom is 0.170 e. The molecular weight excluding hydrogens is 618 g/mol. The molecule has 0 aromatic carbocycles. The van der Waals surface area contributed by atoms with E-state index in [1.807, 2.05) is 13.8 Å². The molecule has 1 aliphatic heterocycles. The molecule has 240 valence electrons. The first-order valence-corrected chi connectivity index (χ1v) is 16.2. The highest BCUT2D eigenvalue weighted by Gasteiger charge is 2.28. The van der Waals surface area contributed by atoms with Gasteiger partial charge in [-0.15, -0.1) is 0 Å². The zero-order valence-corrected chi connectivity index (χ0v) is 27.0. The van der Waals surface area contributed by atoms with Gasteiger partial charge in [0, 0.05) is 49.5 Å². The van der Waals surface area contributed by atoms with Crippen LogP contribution in [-0.4, -0.2) is 79.0 Å². The van der Waals surface area contributed by atoms with Gasteiger partial charge < -0.3 is 15.1 Å². The Morgan fingerprint density at radius 2 is 1.55 bits per heavy atom. The SMILES string of the molecule is Cc1c(Cl)nc2c(C=O)cnn2c1CC1CC1.Cc1c(N2CCN(c3ncccc3C#N)CC2)nc2c(C=O)cnn2c1NC1CC1. The normalized spacial score (nSPS) is 16.1. The van der Waals surface area contributed by atoms with E-state index in [9.17, 15) is 14.9 Å². The molecule has 13 nitrogen and oxygen atoms in total. The second-order valence-electron chi connectivity index (χ2n) is 12.3. The number of pyridine rings is 1. The van der Waals surface area contributed by atoms with Gasteiger partial charge in [-0.25, -0.2) is 19.5 Å². The Balaban J connectivity index is 0.000000174. The van der Waals surface area contributed by atoms with Gasteiger partial charge in [0.25, 0.3) is 0 Å². The second kappa shape index (κ2) is 12.6. The third kappa shape index (κ3) is 5.96. The van der Waals surface area contributed by atoms with Gasteiger partial charge in [0.2, 0.25) is 0 Å². The van der Waals surface area contributed by atoms with E-state index in [4.69, 9.17) is 16.6 Å². The quantitative estimate of drug-likeness (QED) is 0.187. The van der Waals surface area contributed by atoms with E-state index in [0.717, 1.165) is 98.2 Å². The number of aromatic nitrogens is 7. The van der Waals surface area contributed by atoms with Crippen molar-refractivity contribution in [2.24, 2.45) is 5.92 Å². The molecule has 0 unspecified atom stereocenters. The number of nitriles is 1. The van der Waals surface area contributed by atoms with Crippen molar-refractivity contribution in [2.45, 2.75) is 52.0 Å². The summed E-state index contributed by atoms with van der Waals surface area (Å²) in [6.07, 6.45) is 12.2. The molecule has 0 amide bonds. The lowest BCUT2D eigenvalue weighted by Crippen LogP contribution is -2.47. The zero-order chi connectivity index (χ0) is 32.7. The molecule has 0 bridgehead atoms. The molecule has 2 aliphatic carbocycles. The van der Waals surface area contributed by atoms with E-state index in [1.54, 1.807) is 39.8 Å². The number of halogens is 1. The average Bonchev–Trinajstić information content (AvgIpc) is 4.03. The van der Waals surface area contributed by atoms with E-state index in [0.29, 0.717) is 39.2 Å². The Kier molecular flexibility index (Phi) is 8.19. The summed E-state index contributed by atoms with van der Waals surface area (Å²) in [6.45, 7) is 6.98. The van der Waals surface area contributed by atoms with Gasteiger partial charge in [-0.3, -0.25) is 9.59 Å². The molecule has 0 atom stereocenters. The Morgan fingerprint density at radius 1 is 0.915 bits per heavy atom. The number of nitrogens with one attached hydrogen (secondary N) is 1. The van der Waals surface area contributed by atoms with Crippen molar-refractivity contribution in [3.63, 3.8) is 0 Å². The number of aldehydes is 2. The van der Waals surface area contributed by atoms with E-state index in [1.165, 1.54) is 12.8 Å². The van der Waals surface area contributed by atoms with Crippen LogP contribution in [0.25, 0.3) is 11.3 Å². The molecule has 3 aliphatic rings. The van der Waals surface area contributed by atoms with Crippen LogP contribution in [0.2, 0.25) is 5.15 Å². The molecule has 47 heavy (non-hydrogen) atoms. The third-order valence-corrected chi connectivity index (χ3v) is 9.36. The predicted molar refractivity (Wildman–Crippen MR) is 178 cm³/mol. The van der Waals surface area contributed by atoms with Crippen LogP contribution in [0.4, 0.5) is 17.5 Å². The summed E-state index contributed by atoms with van der Waals surface area (Å²) in [5, 5.41) is 22.0. The minimum atomic E-state index is 0.455. The topological polar surface area (TPSA) is 150 Å². The second-order valence-corrected chi connectivity index (χ2v) is 12.7. The fourth-order valence-electron chi connectivity index (χ4n) is 5.96. The average molecular weight is 652 g/mol. The monoisotopic (exact) mass is 651 g/mol. The molecule has 5 aromatic heterocycles. The first-order valence-electron chi connectivity index (χ1n) is 15.8. The smallest absolute Gasteiger partial charge is 0.170 e. The fraction of sp³-hybridized carbons (Fsp3) is 0.394. The van der Waals surface area contributed by atoms with Crippen molar-refractivity contribution in [2.75, 3.05) is 41.3 Å². The predicted octanol–water partition coefficient (Wildman–Crippen LogP) is 4.47. The number of nitrogens with zero attached hydrogens (tertiary/aromatic N) is 10. The van der Waals surface area contributed by atoms with Crippen molar-refractivity contribution >= 4 is 52.9 Å². The molecule has 1 N–H and O–H groups in total. The first kappa shape index (κ1) is 30.6. The number of carbonyl (C=O) groups is 2.